The molecule has 6 N–H and O–H groups in total. The monoisotopic (exact) mass is 457 g/mol. The number of aromatic nitrogens is 2. The maximum Gasteiger partial charge on any atom is 0.273 e. The molecule has 1 aromatic heterocycles. The molecular formula is C22H21F2N5O4. The Morgan fingerprint density at radius 3 is 2.48 bits per heavy atom. The molecule has 2 amide bonds. The number of nitrogens with two attached hydrogens (primary N) is 1. The van der Waals surface area contributed by atoms with E-state index in [-0.39, 0.29) is 30.2 Å². The van der Waals surface area contributed by atoms with Crippen LogP contribution >= 0.6 is 0 Å². The average molecular weight is 457 g/mol. The van der Waals surface area contributed by atoms with Crippen molar-refractivity contribution in [2.75, 3.05) is 24.2 Å². The van der Waals surface area contributed by atoms with Gasteiger partial charge in [0, 0.05) is 23.9 Å². The van der Waals surface area contributed by atoms with Crippen molar-refractivity contribution in [3.63, 3.8) is 0 Å². The third kappa shape index (κ3) is 5.64. The van der Waals surface area contributed by atoms with E-state index < -0.39 is 29.6 Å². The Morgan fingerprint density at radius 1 is 1.15 bits per heavy atom. The van der Waals surface area contributed by atoms with Crippen molar-refractivity contribution in [1.82, 2.24) is 15.3 Å². The molecule has 1 atom stereocenters. The lowest BCUT2D eigenvalue weighted by Gasteiger charge is -2.14. The minimum absolute atomic E-state index is 0.0335. The predicted octanol–water partition coefficient (Wildman–Crippen LogP) is 1.71. The molecule has 33 heavy (non-hydrogen) atoms. The molecule has 0 bridgehead atoms. The van der Waals surface area contributed by atoms with Gasteiger partial charge in [-0.1, -0.05) is 6.07 Å². The van der Waals surface area contributed by atoms with Crippen LogP contribution < -0.4 is 16.4 Å². The Morgan fingerprint density at radius 2 is 1.85 bits per heavy atom. The number of nitrogen functional groups attached to an aromatic ring is 1. The topological polar surface area (TPSA) is 150 Å². The molecule has 0 aliphatic rings. The predicted molar refractivity (Wildman–Crippen MR) is 116 cm³/mol. The molecule has 2 aromatic carbocycles. The maximum absolute atomic E-state index is 13.4. The lowest BCUT2D eigenvalue weighted by molar-refractivity contribution is -0.124. The number of benzene rings is 2. The number of amides is 2. The first-order chi connectivity index (χ1) is 15.7. The highest BCUT2D eigenvalue weighted by molar-refractivity contribution is 5.97. The summed E-state index contributed by atoms with van der Waals surface area (Å²) in [5.41, 5.74) is 7.35. The molecule has 1 unspecified atom stereocenters. The SMILES string of the molecule is Cc1cc(NC(=O)C(O)c2cc(F)cc(F)c2)ccc1-c1cnc(N)c(C(=O)NCCO)n1. The average Bonchev–Trinajstić information content (AvgIpc) is 2.77. The number of carbonyl (C=O) groups excluding carboxylic acids is 2. The van der Waals surface area contributed by atoms with Gasteiger partial charge in [0.1, 0.15) is 11.6 Å². The number of hydrogen-bond acceptors (Lipinski definition) is 7. The molecule has 3 rings (SSSR count). The lowest BCUT2D eigenvalue weighted by atomic mass is 10.0. The molecule has 0 radical (unpaired) electrons. The Balaban J connectivity index is 1.80. The van der Waals surface area contributed by atoms with Gasteiger partial charge in [-0.05, 0) is 42.3 Å². The van der Waals surface area contributed by atoms with E-state index in [1.165, 1.54) is 12.3 Å². The Kier molecular flexibility index (Phi) is 7.26. The van der Waals surface area contributed by atoms with E-state index in [1.807, 2.05) is 0 Å². The highest BCUT2D eigenvalue weighted by Gasteiger charge is 2.20. The summed E-state index contributed by atoms with van der Waals surface area (Å²) in [6.07, 6.45) is -0.390. The number of rotatable bonds is 7. The van der Waals surface area contributed by atoms with Crippen LogP contribution in [0, 0.1) is 18.6 Å². The lowest BCUT2D eigenvalue weighted by Crippen LogP contribution is -2.28. The summed E-state index contributed by atoms with van der Waals surface area (Å²) >= 11 is 0. The van der Waals surface area contributed by atoms with Crippen LogP contribution in [-0.2, 0) is 4.79 Å². The molecule has 0 fully saturated rings. The first-order valence-electron chi connectivity index (χ1n) is 9.77. The fraction of sp³-hybridized carbons (Fsp3) is 0.182. The summed E-state index contributed by atoms with van der Waals surface area (Å²) in [5, 5.41) is 23.9. The summed E-state index contributed by atoms with van der Waals surface area (Å²) in [6, 6.07) is 7.12. The number of aliphatic hydroxyl groups excluding tert-OH is 2. The van der Waals surface area contributed by atoms with E-state index in [2.05, 4.69) is 20.6 Å². The minimum Gasteiger partial charge on any atom is -0.395 e. The van der Waals surface area contributed by atoms with Crippen LogP contribution in [0.2, 0.25) is 0 Å². The highest BCUT2D eigenvalue weighted by atomic mass is 19.1. The van der Waals surface area contributed by atoms with E-state index in [9.17, 15) is 23.5 Å². The molecule has 0 saturated carbocycles. The third-order valence-electron chi connectivity index (χ3n) is 4.63. The van der Waals surface area contributed by atoms with Crippen molar-refractivity contribution in [3.05, 3.63) is 71.1 Å². The van der Waals surface area contributed by atoms with Crippen LogP contribution in [0.5, 0.6) is 0 Å². The highest BCUT2D eigenvalue weighted by Crippen LogP contribution is 2.26. The number of anilines is 2. The van der Waals surface area contributed by atoms with Crippen LogP contribution in [0.15, 0.2) is 42.6 Å². The molecule has 11 heteroatoms. The van der Waals surface area contributed by atoms with E-state index in [1.54, 1.807) is 19.1 Å². The van der Waals surface area contributed by atoms with Crippen molar-refractivity contribution in [2.24, 2.45) is 0 Å². The number of nitrogens with one attached hydrogen (secondary N) is 2. The first-order valence-corrected chi connectivity index (χ1v) is 9.77. The van der Waals surface area contributed by atoms with Gasteiger partial charge >= 0.3 is 0 Å². The van der Waals surface area contributed by atoms with Crippen molar-refractivity contribution in [3.8, 4) is 11.3 Å². The van der Waals surface area contributed by atoms with Crippen molar-refractivity contribution in [1.29, 1.82) is 0 Å². The number of nitrogens with zero attached hydrogens (tertiary/aromatic N) is 2. The van der Waals surface area contributed by atoms with Crippen LogP contribution in [0.25, 0.3) is 11.3 Å². The number of aliphatic hydroxyl groups is 2. The largest absolute Gasteiger partial charge is 0.395 e. The van der Waals surface area contributed by atoms with Crippen LogP contribution in [0.3, 0.4) is 0 Å². The van der Waals surface area contributed by atoms with E-state index in [0.29, 0.717) is 28.6 Å². The second kappa shape index (κ2) is 10.1. The fourth-order valence-corrected chi connectivity index (χ4v) is 3.07. The van der Waals surface area contributed by atoms with Gasteiger partial charge in [-0.25, -0.2) is 18.7 Å². The summed E-state index contributed by atoms with van der Waals surface area (Å²) in [6.45, 7) is 1.52. The van der Waals surface area contributed by atoms with E-state index >= 15 is 0 Å². The van der Waals surface area contributed by atoms with Gasteiger partial charge < -0.3 is 26.6 Å². The first kappa shape index (κ1) is 23.7. The number of aryl methyl sites for hydroxylation is 1. The molecule has 0 spiro atoms. The van der Waals surface area contributed by atoms with Gasteiger partial charge in [0.05, 0.1) is 18.5 Å². The fourth-order valence-electron chi connectivity index (χ4n) is 3.07. The van der Waals surface area contributed by atoms with Crippen LogP contribution in [0.4, 0.5) is 20.3 Å². The van der Waals surface area contributed by atoms with Crippen LogP contribution in [0.1, 0.15) is 27.7 Å². The second-order valence-electron chi connectivity index (χ2n) is 7.09. The summed E-state index contributed by atoms with van der Waals surface area (Å²) in [5.74, 6) is -3.35. The summed E-state index contributed by atoms with van der Waals surface area (Å²) in [4.78, 5) is 32.8. The summed E-state index contributed by atoms with van der Waals surface area (Å²) < 4.78 is 26.7. The Labute approximate surface area is 187 Å². The van der Waals surface area contributed by atoms with Crippen molar-refractivity contribution in [2.45, 2.75) is 13.0 Å². The number of carbonyl (C=O) groups is 2. The molecule has 0 aliphatic heterocycles. The zero-order valence-electron chi connectivity index (χ0n) is 17.5. The molecule has 3 aromatic rings. The Hall–Kier alpha value is -3.96. The standard InChI is InChI=1S/C22H21F2N5O4/c1-11-6-15(28-22(33)19(31)12-7-13(23)9-14(24)8-12)2-3-16(11)17-10-27-20(25)18(29-17)21(32)26-4-5-30/h2-3,6-10,19,30-31H,4-5H2,1H3,(H2,25,27)(H,26,32)(H,28,33). The minimum atomic E-state index is -1.78. The molecule has 0 saturated heterocycles. The van der Waals surface area contributed by atoms with Gasteiger partial charge in [0.25, 0.3) is 11.8 Å². The molecular weight excluding hydrogens is 436 g/mol. The smallest absolute Gasteiger partial charge is 0.273 e. The third-order valence-corrected chi connectivity index (χ3v) is 4.63. The Bertz CT molecular complexity index is 1190. The second-order valence-corrected chi connectivity index (χ2v) is 7.09. The van der Waals surface area contributed by atoms with Gasteiger partial charge in [0.2, 0.25) is 0 Å². The van der Waals surface area contributed by atoms with Gasteiger partial charge in [-0.15, -0.1) is 0 Å². The summed E-state index contributed by atoms with van der Waals surface area (Å²) in [7, 11) is 0. The number of hydrogen-bond donors (Lipinski definition) is 5. The van der Waals surface area contributed by atoms with Crippen molar-refractivity contribution < 1.29 is 28.6 Å². The molecule has 9 nitrogen and oxygen atoms in total. The van der Waals surface area contributed by atoms with E-state index in [0.717, 1.165) is 12.1 Å². The zero-order chi connectivity index (χ0) is 24.1. The maximum atomic E-state index is 13.4. The zero-order valence-corrected chi connectivity index (χ0v) is 17.5. The van der Waals surface area contributed by atoms with Gasteiger partial charge in [-0.3, -0.25) is 9.59 Å². The van der Waals surface area contributed by atoms with Crippen LogP contribution in [-0.4, -0.2) is 45.1 Å². The van der Waals surface area contributed by atoms with Gasteiger partial charge in [0.15, 0.2) is 17.6 Å². The normalized spacial score (nSPS) is 11.7. The molecule has 1 heterocycles. The molecule has 0 aliphatic carbocycles. The quantitative estimate of drug-likeness (QED) is 0.362. The molecule has 172 valence electrons. The number of halogens is 2. The van der Waals surface area contributed by atoms with Gasteiger partial charge in [-0.2, -0.15) is 0 Å². The van der Waals surface area contributed by atoms with E-state index in [4.69, 9.17) is 10.8 Å². The van der Waals surface area contributed by atoms with Crippen molar-refractivity contribution >= 4 is 23.3 Å².